The molecule has 1 amide bonds. The minimum atomic E-state index is -3.54. The van der Waals surface area contributed by atoms with Gasteiger partial charge in [0, 0.05) is 17.4 Å². The summed E-state index contributed by atoms with van der Waals surface area (Å²) in [4.78, 5) is 12.6. The van der Waals surface area contributed by atoms with Gasteiger partial charge in [0.2, 0.25) is 10.0 Å². The van der Waals surface area contributed by atoms with Gasteiger partial charge in [-0.3, -0.25) is 9.10 Å². The van der Waals surface area contributed by atoms with Crippen molar-refractivity contribution in [1.29, 1.82) is 0 Å². The third-order valence-corrected chi connectivity index (χ3v) is 5.80. The topological polar surface area (TPSA) is 75.7 Å². The quantitative estimate of drug-likeness (QED) is 0.767. The molecule has 1 aliphatic heterocycles. The Labute approximate surface area is 165 Å². The fourth-order valence-corrected chi connectivity index (χ4v) is 4.09. The van der Waals surface area contributed by atoms with E-state index in [0.29, 0.717) is 15.9 Å². The van der Waals surface area contributed by atoms with Crippen molar-refractivity contribution in [2.75, 3.05) is 22.4 Å². The van der Waals surface area contributed by atoms with Crippen molar-refractivity contribution >= 4 is 43.2 Å². The van der Waals surface area contributed by atoms with E-state index in [0.717, 1.165) is 11.8 Å². The molecule has 1 heterocycles. The van der Waals surface area contributed by atoms with Gasteiger partial charge in [-0.15, -0.1) is 0 Å². The van der Waals surface area contributed by atoms with Crippen LogP contribution in [-0.2, 0) is 14.8 Å². The Kier molecular flexibility index (Phi) is 5.43. The van der Waals surface area contributed by atoms with Gasteiger partial charge in [-0.1, -0.05) is 22.0 Å². The molecule has 2 aromatic carbocycles. The number of hydrogen-bond donors (Lipinski definition) is 1. The van der Waals surface area contributed by atoms with Crippen molar-refractivity contribution in [3.05, 3.63) is 52.3 Å². The average molecular weight is 457 g/mol. The molecule has 3 rings (SSSR count). The lowest BCUT2D eigenvalue weighted by molar-refractivity contribution is -0.122. The summed E-state index contributed by atoms with van der Waals surface area (Å²) in [6.45, 7) is 1.92. The van der Waals surface area contributed by atoms with Gasteiger partial charge in [0.25, 0.3) is 5.91 Å². The number of nitrogens with zero attached hydrogens (tertiary/aromatic N) is 1. The number of sulfonamides is 1. The Hall–Kier alpha value is -2.13. The Morgan fingerprint density at radius 2 is 2.04 bits per heavy atom. The number of ether oxygens (including phenoxy) is 1. The number of aryl methyl sites for hydroxylation is 1. The summed E-state index contributed by atoms with van der Waals surface area (Å²) in [5.41, 5.74) is 1.29. The van der Waals surface area contributed by atoms with Crippen molar-refractivity contribution in [1.82, 2.24) is 0 Å². The lowest BCUT2D eigenvalue weighted by atomic mass is 10.2. The van der Waals surface area contributed by atoms with Crippen LogP contribution in [-0.4, -0.2) is 33.2 Å². The summed E-state index contributed by atoms with van der Waals surface area (Å²) in [5.74, 6) is -0.835. The summed E-state index contributed by atoms with van der Waals surface area (Å²) >= 11 is 3.16. The highest BCUT2D eigenvalue weighted by molar-refractivity contribution is 9.10. The molecule has 1 aliphatic rings. The molecule has 0 aromatic heterocycles. The first-order valence-electron chi connectivity index (χ1n) is 8.16. The molecule has 0 aliphatic carbocycles. The van der Waals surface area contributed by atoms with Gasteiger partial charge in [0.15, 0.2) is 6.10 Å². The standard InChI is InChI=1S/C18H18BrFN2O4S/c1-11-3-6-16-15(9-11)22(27(2,24)25)8-7-17(26-16)18(23)21-14-5-4-12(19)10-13(14)20/h3-6,9-10,17H,7-8H2,1-2H3,(H,21,23)/t17-/m1/s1. The molecule has 9 heteroatoms. The molecule has 0 fully saturated rings. The second kappa shape index (κ2) is 7.47. The van der Waals surface area contributed by atoms with Crippen LogP contribution in [0.2, 0.25) is 0 Å². The molecule has 0 saturated carbocycles. The van der Waals surface area contributed by atoms with Crippen molar-refractivity contribution < 1.29 is 22.3 Å². The average Bonchev–Trinajstić information content (AvgIpc) is 2.76. The van der Waals surface area contributed by atoms with Gasteiger partial charge in [0.1, 0.15) is 11.6 Å². The summed E-state index contributed by atoms with van der Waals surface area (Å²) in [6, 6.07) is 9.39. The van der Waals surface area contributed by atoms with Crippen LogP contribution in [0.25, 0.3) is 0 Å². The van der Waals surface area contributed by atoms with Gasteiger partial charge in [0.05, 0.1) is 17.6 Å². The lowest BCUT2D eigenvalue weighted by Gasteiger charge is -2.21. The molecule has 0 spiro atoms. The number of amides is 1. The summed E-state index contributed by atoms with van der Waals surface area (Å²) in [5, 5.41) is 2.50. The first-order chi connectivity index (χ1) is 12.6. The van der Waals surface area contributed by atoms with E-state index in [4.69, 9.17) is 4.74 Å². The number of fused-ring (bicyclic) bond motifs is 1. The third-order valence-electron chi connectivity index (χ3n) is 4.13. The maximum absolute atomic E-state index is 14.0. The van der Waals surface area contributed by atoms with E-state index in [9.17, 15) is 17.6 Å². The SMILES string of the molecule is Cc1ccc2c(c1)N(S(C)(=O)=O)CC[C@H](C(=O)Nc1ccc(Br)cc1F)O2. The second-order valence-electron chi connectivity index (χ2n) is 6.31. The number of benzene rings is 2. The maximum Gasteiger partial charge on any atom is 0.265 e. The summed E-state index contributed by atoms with van der Waals surface area (Å²) in [7, 11) is -3.54. The fourth-order valence-electron chi connectivity index (χ4n) is 2.82. The largest absolute Gasteiger partial charge is 0.478 e. The molecular weight excluding hydrogens is 439 g/mol. The number of rotatable bonds is 3. The van der Waals surface area contributed by atoms with Crippen LogP contribution in [0.5, 0.6) is 5.75 Å². The molecule has 0 radical (unpaired) electrons. The zero-order valence-corrected chi connectivity index (χ0v) is 17.1. The number of anilines is 2. The van der Waals surface area contributed by atoms with Gasteiger partial charge in [-0.05, 0) is 42.8 Å². The summed E-state index contributed by atoms with van der Waals surface area (Å²) in [6.07, 6.45) is 0.280. The minimum Gasteiger partial charge on any atom is -0.478 e. The highest BCUT2D eigenvalue weighted by Crippen LogP contribution is 2.35. The number of hydrogen-bond acceptors (Lipinski definition) is 4. The van der Waals surface area contributed by atoms with Gasteiger partial charge < -0.3 is 10.1 Å². The summed E-state index contributed by atoms with van der Waals surface area (Å²) < 4.78 is 45.9. The van der Waals surface area contributed by atoms with Gasteiger partial charge >= 0.3 is 0 Å². The molecule has 1 atom stereocenters. The normalized spacial score (nSPS) is 16.9. The zero-order valence-electron chi connectivity index (χ0n) is 14.7. The Morgan fingerprint density at radius 3 is 2.70 bits per heavy atom. The predicted octanol–water partition coefficient (Wildman–Crippen LogP) is 3.45. The van der Waals surface area contributed by atoms with Crippen molar-refractivity contribution in [2.45, 2.75) is 19.4 Å². The first kappa shape index (κ1) is 19.6. The maximum atomic E-state index is 14.0. The van der Waals surface area contributed by atoms with Crippen LogP contribution in [0, 0.1) is 12.7 Å². The van der Waals surface area contributed by atoms with E-state index in [1.54, 1.807) is 24.3 Å². The van der Waals surface area contributed by atoms with E-state index in [1.807, 2.05) is 6.92 Å². The Morgan fingerprint density at radius 1 is 1.30 bits per heavy atom. The third kappa shape index (κ3) is 4.41. The molecule has 0 bridgehead atoms. The van der Waals surface area contributed by atoms with Crippen molar-refractivity contribution in [2.24, 2.45) is 0 Å². The van der Waals surface area contributed by atoms with Crippen LogP contribution in [0.15, 0.2) is 40.9 Å². The van der Waals surface area contributed by atoms with E-state index in [1.165, 1.54) is 16.4 Å². The number of nitrogens with one attached hydrogen (secondary N) is 1. The van der Waals surface area contributed by atoms with Crippen molar-refractivity contribution in [3.8, 4) is 5.75 Å². The van der Waals surface area contributed by atoms with Crippen LogP contribution < -0.4 is 14.4 Å². The van der Waals surface area contributed by atoms with E-state index < -0.39 is 27.9 Å². The van der Waals surface area contributed by atoms with Crippen LogP contribution in [0.1, 0.15) is 12.0 Å². The zero-order chi connectivity index (χ0) is 19.8. The fraction of sp³-hybridized carbons (Fsp3) is 0.278. The predicted molar refractivity (Wildman–Crippen MR) is 105 cm³/mol. The smallest absolute Gasteiger partial charge is 0.265 e. The molecular formula is C18H18BrFN2O4S. The Bertz CT molecular complexity index is 997. The molecule has 0 saturated heterocycles. The van der Waals surface area contributed by atoms with Crippen LogP contribution in [0.4, 0.5) is 15.8 Å². The monoisotopic (exact) mass is 456 g/mol. The van der Waals surface area contributed by atoms with Crippen LogP contribution >= 0.6 is 15.9 Å². The molecule has 1 N–H and O–H groups in total. The first-order valence-corrected chi connectivity index (χ1v) is 10.8. The van der Waals surface area contributed by atoms with Gasteiger partial charge in [-0.2, -0.15) is 0 Å². The van der Waals surface area contributed by atoms with Crippen molar-refractivity contribution in [3.63, 3.8) is 0 Å². The van der Waals surface area contributed by atoms with E-state index in [2.05, 4.69) is 21.2 Å². The molecule has 6 nitrogen and oxygen atoms in total. The number of halogens is 2. The number of carbonyl (C=O) groups excluding carboxylic acids is 1. The molecule has 144 valence electrons. The molecule has 0 unspecified atom stereocenters. The highest BCUT2D eigenvalue weighted by Gasteiger charge is 2.31. The second-order valence-corrected chi connectivity index (χ2v) is 9.14. The molecule has 2 aromatic rings. The van der Waals surface area contributed by atoms with E-state index in [-0.39, 0.29) is 18.7 Å². The minimum absolute atomic E-state index is 0.0279. The molecule has 27 heavy (non-hydrogen) atoms. The number of carbonyl (C=O) groups is 1. The highest BCUT2D eigenvalue weighted by atomic mass is 79.9. The van der Waals surface area contributed by atoms with Gasteiger partial charge in [-0.25, -0.2) is 12.8 Å². The Balaban J connectivity index is 1.88. The van der Waals surface area contributed by atoms with E-state index >= 15 is 0 Å². The lowest BCUT2D eigenvalue weighted by Crippen LogP contribution is -2.36. The van der Waals surface area contributed by atoms with Crippen LogP contribution in [0.3, 0.4) is 0 Å².